The van der Waals surface area contributed by atoms with Crippen molar-refractivity contribution in [1.29, 1.82) is 0 Å². The molecule has 1 atom stereocenters. The normalized spacial score (nSPS) is 18.6. The predicted octanol–water partition coefficient (Wildman–Crippen LogP) is 1.41. The van der Waals surface area contributed by atoms with Crippen LogP contribution in [-0.2, 0) is 14.4 Å². The van der Waals surface area contributed by atoms with Gasteiger partial charge >= 0.3 is 5.97 Å². The van der Waals surface area contributed by atoms with Crippen molar-refractivity contribution in [2.75, 3.05) is 0 Å². The van der Waals surface area contributed by atoms with Gasteiger partial charge in [-0.05, 0) is 11.8 Å². The van der Waals surface area contributed by atoms with Gasteiger partial charge in [-0.2, -0.15) is 0 Å². The zero-order chi connectivity index (χ0) is 13.2. The van der Waals surface area contributed by atoms with Gasteiger partial charge in [-0.3, -0.25) is 19.3 Å². The third-order valence-corrected chi connectivity index (χ3v) is 2.71. The van der Waals surface area contributed by atoms with Crippen molar-refractivity contribution in [1.82, 2.24) is 4.90 Å². The third-order valence-electron chi connectivity index (χ3n) is 2.71. The topological polar surface area (TPSA) is 74.7 Å². The fourth-order valence-electron chi connectivity index (χ4n) is 2.16. The number of hydrogen-bond donors (Lipinski definition) is 1. The Kier molecular flexibility index (Phi) is 3.91. The number of carboxylic acids is 1. The van der Waals surface area contributed by atoms with Gasteiger partial charge in [0.2, 0.25) is 11.8 Å². The number of imide groups is 1. The highest BCUT2D eigenvalue weighted by molar-refractivity contribution is 6.02. The van der Waals surface area contributed by atoms with Gasteiger partial charge in [0.15, 0.2) is 0 Å². The molecule has 0 aromatic heterocycles. The van der Waals surface area contributed by atoms with E-state index < -0.39 is 12.0 Å². The first kappa shape index (κ1) is 13.7. The fraction of sp³-hybridized carbons (Fsp3) is 0.750. The summed E-state index contributed by atoms with van der Waals surface area (Å²) in [5.41, 5.74) is -0.122. The summed E-state index contributed by atoms with van der Waals surface area (Å²) in [6.45, 7) is 5.90. The monoisotopic (exact) mass is 241 g/mol. The van der Waals surface area contributed by atoms with Crippen molar-refractivity contribution in [3.8, 4) is 0 Å². The number of carboxylic acid groups (broad SMARTS) is 1. The van der Waals surface area contributed by atoms with Crippen LogP contribution in [0.15, 0.2) is 0 Å². The van der Waals surface area contributed by atoms with Crippen LogP contribution in [0.4, 0.5) is 0 Å². The second-order valence-electron chi connectivity index (χ2n) is 5.67. The first-order chi connectivity index (χ1) is 7.70. The van der Waals surface area contributed by atoms with Crippen molar-refractivity contribution in [2.24, 2.45) is 5.41 Å². The molecule has 1 aliphatic heterocycles. The molecule has 1 rings (SSSR count). The lowest BCUT2D eigenvalue weighted by Crippen LogP contribution is -2.42. The molecular weight excluding hydrogens is 222 g/mol. The molecule has 0 bridgehead atoms. The fourth-order valence-corrected chi connectivity index (χ4v) is 2.16. The van der Waals surface area contributed by atoms with Crippen LogP contribution >= 0.6 is 0 Å². The minimum atomic E-state index is -0.980. The second kappa shape index (κ2) is 4.85. The molecular formula is C12H19NO4. The minimum Gasteiger partial charge on any atom is -0.481 e. The summed E-state index contributed by atoms with van der Waals surface area (Å²) in [5.74, 6) is -1.47. The summed E-state index contributed by atoms with van der Waals surface area (Å²) < 4.78 is 0. The molecule has 96 valence electrons. The Morgan fingerprint density at radius 2 is 1.76 bits per heavy atom. The van der Waals surface area contributed by atoms with E-state index in [2.05, 4.69) is 0 Å². The molecule has 1 unspecified atom stereocenters. The number of carbonyl (C=O) groups is 3. The Morgan fingerprint density at radius 3 is 2.12 bits per heavy atom. The Bertz CT molecular complexity index is 327. The first-order valence-corrected chi connectivity index (χ1v) is 5.77. The molecule has 1 aliphatic rings. The van der Waals surface area contributed by atoms with Crippen LogP contribution in [0.25, 0.3) is 0 Å². The Labute approximate surface area is 101 Å². The van der Waals surface area contributed by atoms with E-state index in [1.165, 1.54) is 0 Å². The lowest BCUT2D eigenvalue weighted by atomic mass is 9.86. The summed E-state index contributed by atoms with van der Waals surface area (Å²) in [5, 5.41) is 8.86. The number of likely N-dealkylation sites (tertiary alicyclic amines) is 1. The van der Waals surface area contributed by atoms with Crippen molar-refractivity contribution in [3.63, 3.8) is 0 Å². The SMILES string of the molecule is CC(C)(C)CC(CC(=O)O)N1C(=O)CCC1=O. The molecule has 1 heterocycles. The zero-order valence-corrected chi connectivity index (χ0v) is 10.5. The zero-order valence-electron chi connectivity index (χ0n) is 10.5. The molecule has 0 radical (unpaired) electrons. The third kappa shape index (κ3) is 3.84. The lowest BCUT2D eigenvalue weighted by molar-refractivity contribution is -0.145. The van der Waals surface area contributed by atoms with Gasteiger partial charge < -0.3 is 5.11 Å². The molecule has 2 amide bonds. The maximum Gasteiger partial charge on any atom is 0.305 e. The number of hydrogen-bond acceptors (Lipinski definition) is 3. The van der Waals surface area contributed by atoms with Gasteiger partial charge in [0, 0.05) is 12.8 Å². The number of carbonyl (C=O) groups excluding carboxylic acids is 2. The average Bonchev–Trinajstić information content (AvgIpc) is 2.41. The van der Waals surface area contributed by atoms with E-state index in [9.17, 15) is 14.4 Å². The highest BCUT2D eigenvalue weighted by Crippen LogP contribution is 2.28. The predicted molar refractivity (Wildman–Crippen MR) is 61.2 cm³/mol. The lowest BCUT2D eigenvalue weighted by Gasteiger charge is -2.30. The van der Waals surface area contributed by atoms with Gasteiger partial charge in [0.05, 0.1) is 12.5 Å². The summed E-state index contributed by atoms with van der Waals surface area (Å²) >= 11 is 0. The van der Waals surface area contributed by atoms with Crippen LogP contribution in [0.2, 0.25) is 0 Å². The van der Waals surface area contributed by atoms with Crippen molar-refractivity contribution in [3.05, 3.63) is 0 Å². The van der Waals surface area contributed by atoms with E-state index in [1.54, 1.807) is 0 Å². The van der Waals surface area contributed by atoms with Crippen molar-refractivity contribution in [2.45, 2.75) is 52.5 Å². The molecule has 0 aromatic carbocycles. The summed E-state index contributed by atoms with van der Waals surface area (Å²) in [6.07, 6.45) is 0.754. The van der Waals surface area contributed by atoms with Crippen LogP contribution in [0.3, 0.4) is 0 Å². The van der Waals surface area contributed by atoms with Crippen molar-refractivity contribution < 1.29 is 19.5 Å². The molecule has 1 saturated heterocycles. The molecule has 1 fully saturated rings. The highest BCUT2D eigenvalue weighted by Gasteiger charge is 2.37. The highest BCUT2D eigenvalue weighted by atomic mass is 16.4. The van der Waals surface area contributed by atoms with E-state index in [0.29, 0.717) is 6.42 Å². The molecule has 0 aromatic rings. The maximum absolute atomic E-state index is 11.6. The van der Waals surface area contributed by atoms with Crippen LogP contribution in [0.1, 0.15) is 46.5 Å². The van der Waals surface area contributed by atoms with E-state index in [4.69, 9.17) is 5.11 Å². The van der Waals surface area contributed by atoms with Gasteiger partial charge in [-0.15, -0.1) is 0 Å². The molecule has 0 spiro atoms. The van der Waals surface area contributed by atoms with Gasteiger partial charge in [0.25, 0.3) is 0 Å². The number of amides is 2. The Morgan fingerprint density at radius 1 is 1.29 bits per heavy atom. The second-order valence-corrected chi connectivity index (χ2v) is 5.67. The minimum absolute atomic E-state index is 0.122. The molecule has 0 saturated carbocycles. The summed E-state index contributed by atoms with van der Waals surface area (Å²) in [4.78, 5) is 35.2. The largest absolute Gasteiger partial charge is 0.481 e. The molecule has 17 heavy (non-hydrogen) atoms. The average molecular weight is 241 g/mol. The summed E-state index contributed by atoms with van der Waals surface area (Å²) in [7, 11) is 0. The van der Waals surface area contributed by atoms with Gasteiger partial charge in [0.1, 0.15) is 0 Å². The number of nitrogens with zero attached hydrogens (tertiary/aromatic N) is 1. The smallest absolute Gasteiger partial charge is 0.305 e. The van der Waals surface area contributed by atoms with Crippen molar-refractivity contribution >= 4 is 17.8 Å². The number of aliphatic carboxylic acids is 1. The summed E-state index contributed by atoms with van der Waals surface area (Å²) in [6, 6.07) is -0.519. The molecule has 1 N–H and O–H groups in total. The molecule has 5 nitrogen and oxygen atoms in total. The molecule has 5 heteroatoms. The van der Waals surface area contributed by atoms with Crippen LogP contribution in [-0.4, -0.2) is 33.8 Å². The Balaban J connectivity index is 2.85. The maximum atomic E-state index is 11.6. The van der Waals surface area contributed by atoms with E-state index in [1.807, 2.05) is 20.8 Å². The van der Waals surface area contributed by atoms with Crippen LogP contribution < -0.4 is 0 Å². The van der Waals surface area contributed by atoms with Crippen LogP contribution in [0.5, 0.6) is 0 Å². The molecule has 0 aliphatic carbocycles. The Hall–Kier alpha value is -1.39. The van der Waals surface area contributed by atoms with E-state index >= 15 is 0 Å². The number of rotatable bonds is 4. The van der Waals surface area contributed by atoms with Gasteiger partial charge in [-0.1, -0.05) is 20.8 Å². The first-order valence-electron chi connectivity index (χ1n) is 5.77. The van der Waals surface area contributed by atoms with E-state index in [0.717, 1.165) is 4.90 Å². The quantitative estimate of drug-likeness (QED) is 0.755. The van der Waals surface area contributed by atoms with Crippen LogP contribution in [0, 0.1) is 5.41 Å². The van der Waals surface area contributed by atoms with E-state index in [-0.39, 0.29) is 36.5 Å². The standard InChI is InChI=1S/C12H19NO4/c1-12(2,3)7-8(6-11(16)17)13-9(14)4-5-10(13)15/h8H,4-7H2,1-3H3,(H,16,17). The van der Waals surface area contributed by atoms with Gasteiger partial charge in [-0.25, -0.2) is 0 Å².